The van der Waals surface area contributed by atoms with Gasteiger partial charge in [0.2, 0.25) is 5.90 Å². The number of nitrogens with zero attached hydrogens (tertiary/aromatic N) is 6. The molecule has 13 heteroatoms. The summed E-state index contributed by atoms with van der Waals surface area (Å²) in [5.41, 5.74) is 0.780. The zero-order chi connectivity index (χ0) is 28.1. The van der Waals surface area contributed by atoms with Gasteiger partial charge >= 0.3 is 0 Å². The summed E-state index contributed by atoms with van der Waals surface area (Å²) < 4.78 is 29.4. The molecule has 1 aliphatic heterocycles. The number of carbonyl (C=O) groups excluding carboxylic acids is 1. The second kappa shape index (κ2) is 11.7. The van der Waals surface area contributed by atoms with E-state index in [1.165, 1.54) is 19.6 Å². The van der Waals surface area contributed by atoms with Gasteiger partial charge in [-0.3, -0.25) is 19.5 Å². The molecule has 13 nitrogen and oxygen atoms in total. The minimum Gasteiger partial charge on any atom is -0.493 e. The van der Waals surface area contributed by atoms with E-state index in [2.05, 4.69) is 30.4 Å². The number of hydrogen-bond acceptors (Lipinski definition) is 11. The van der Waals surface area contributed by atoms with Gasteiger partial charge in [-0.1, -0.05) is 0 Å². The summed E-state index contributed by atoms with van der Waals surface area (Å²) in [7, 11) is 4.65. The maximum absolute atomic E-state index is 13.1. The van der Waals surface area contributed by atoms with Crippen LogP contribution in [0.25, 0.3) is 10.9 Å². The van der Waals surface area contributed by atoms with Crippen molar-refractivity contribution in [2.45, 2.75) is 13.0 Å². The van der Waals surface area contributed by atoms with Crippen molar-refractivity contribution in [2.24, 2.45) is 9.98 Å². The Morgan fingerprint density at radius 2 is 1.85 bits per heavy atom. The zero-order valence-corrected chi connectivity index (χ0v) is 22.3. The fraction of sp³-hybridized carbons (Fsp3) is 0.259. The number of hydrogen-bond donors (Lipinski definition) is 1. The summed E-state index contributed by atoms with van der Waals surface area (Å²) in [6.45, 7) is 2.55. The number of methoxy groups -OCH3 is 3. The summed E-state index contributed by atoms with van der Waals surface area (Å²) in [5.74, 6) is 2.72. The van der Waals surface area contributed by atoms with Gasteiger partial charge in [-0.05, 0) is 31.2 Å². The Balaban J connectivity index is 1.33. The van der Waals surface area contributed by atoms with Crippen molar-refractivity contribution < 1.29 is 28.5 Å². The van der Waals surface area contributed by atoms with E-state index < -0.39 is 11.9 Å². The van der Waals surface area contributed by atoms with Crippen LogP contribution in [0.15, 0.2) is 58.9 Å². The van der Waals surface area contributed by atoms with Crippen molar-refractivity contribution in [2.75, 3.05) is 39.8 Å². The van der Waals surface area contributed by atoms with E-state index >= 15 is 0 Å². The number of benzene rings is 1. The lowest BCUT2D eigenvalue weighted by Gasteiger charge is -2.18. The third kappa shape index (κ3) is 5.34. The molecule has 1 aliphatic rings. The lowest BCUT2D eigenvalue weighted by atomic mass is 10.2. The van der Waals surface area contributed by atoms with Crippen LogP contribution in [0.2, 0.25) is 0 Å². The van der Waals surface area contributed by atoms with Crippen LogP contribution in [0, 0.1) is 0 Å². The van der Waals surface area contributed by atoms with Crippen LogP contribution in [0.1, 0.15) is 23.5 Å². The first-order valence-electron chi connectivity index (χ1n) is 12.3. The van der Waals surface area contributed by atoms with Gasteiger partial charge in [0, 0.05) is 17.6 Å². The minimum absolute atomic E-state index is 0.0987. The summed E-state index contributed by atoms with van der Waals surface area (Å²) in [5, 5.41) is 7.93. The van der Waals surface area contributed by atoms with Gasteiger partial charge in [0.05, 0.1) is 52.4 Å². The summed E-state index contributed by atoms with van der Waals surface area (Å²) in [6.07, 6.45) is 6.21. The number of aliphatic imine (C=N–C) groups is 2. The Bertz CT molecular complexity index is 1580. The molecule has 0 spiro atoms. The molecule has 1 unspecified atom stereocenters. The molecule has 3 aromatic heterocycles. The highest BCUT2D eigenvalue weighted by atomic mass is 16.5. The molecule has 0 fully saturated rings. The Morgan fingerprint density at radius 1 is 1.02 bits per heavy atom. The number of ether oxygens (including phenoxy) is 5. The van der Waals surface area contributed by atoms with Crippen molar-refractivity contribution >= 4 is 34.9 Å². The smallest absolute Gasteiger partial charge is 0.281 e. The van der Waals surface area contributed by atoms with Crippen LogP contribution < -0.4 is 24.3 Å². The molecule has 1 aromatic carbocycles. The normalized spacial score (nSPS) is 14.4. The predicted molar refractivity (Wildman–Crippen MR) is 147 cm³/mol. The van der Waals surface area contributed by atoms with E-state index in [-0.39, 0.29) is 5.69 Å². The second-order valence-corrected chi connectivity index (χ2v) is 8.39. The van der Waals surface area contributed by atoms with Crippen molar-refractivity contribution in [3.05, 3.63) is 54.6 Å². The van der Waals surface area contributed by atoms with Crippen molar-refractivity contribution in [1.82, 2.24) is 19.7 Å². The molecular formula is C27H27N7O6. The third-order valence-corrected chi connectivity index (χ3v) is 5.98. The lowest BCUT2D eigenvalue weighted by Crippen LogP contribution is -2.27. The SMILES string of the molecule is CCOc1cn(C2CN=CN=C2OC)nc1C(=O)Nc1ccc(Oc2ccnc3cc(OC)c(OC)cc23)cn1. The van der Waals surface area contributed by atoms with E-state index in [0.29, 0.717) is 59.1 Å². The zero-order valence-electron chi connectivity index (χ0n) is 22.3. The molecule has 40 heavy (non-hydrogen) atoms. The maximum atomic E-state index is 13.1. The van der Waals surface area contributed by atoms with Gasteiger partial charge < -0.3 is 29.0 Å². The molecule has 1 atom stereocenters. The van der Waals surface area contributed by atoms with Gasteiger partial charge in [0.1, 0.15) is 29.7 Å². The van der Waals surface area contributed by atoms with Crippen LogP contribution in [-0.2, 0) is 4.74 Å². The molecule has 4 aromatic rings. The fourth-order valence-electron chi connectivity index (χ4n) is 4.10. The van der Waals surface area contributed by atoms with E-state index in [1.54, 1.807) is 61.6 Å². The van der Waals surface area contributed by atoms with Crippen LogP contribution >= 0.6 is 0 Å². The van der Waals surface area contributed by atoms with Crippen LogP contribution in [0.3, 0.4) is 0 Å². The lowest BCUT2D eigenvalue weighted by molar-refractivity contribution is 0.101. The van der Waals surface area contributed by atoms with E-state index in [4.69, 9.17) is 23.7 Å². The number of amides is 1. The molecule has 5 rings (SSSR count). The first kappa shape index (κ1) is 26.4. The molecule has 1 N–H and O–H groups in total. The van der Waals surface area contributed by atoms with Crippen LogP contribution in [0.4, 0.5) is 5.82 Å². The first-order chi connectivity index (χ1) is 19.5. The average molecular weight is 546 g/mol. The number of anilines is 1. The quantitative estimate of drug-likeness (QED) is 0.331. The number of nitrogens with one attached hydrogen (secondary N) is 1. The van der Waals surface area contributed by atoms with Gasteiger partial charge in [-0.2, -0.15) is 5.10 Å². The number of pyridine rings is 2. The van der Waals surface area contributed by atoms with Crippen LogP contribution in [-0.4, -0.2) is 72.4 Å². The Labute approximate surface area is 229 Å². The Kier molecular flexibility index (Phi) is 7.71. The number of rotatable bonds is 9. The van der Waals surface area contributed by atoms with Crippen LogP contribution in [0.5, 0.6) is 28.7 Å². The summed E-state index contributed by atoms with van der Waals surface area (Å²) in [6, 6.07) is 8.25. The van der Waals surface area contributed by atoms with E-state index in [0.717, 1.165) is 5.39 Å². The molecule has 0 bridgehead atoms. The number of fused-ring (bicyclic) bond motifs is 1. The Morgan fingerprint density at radius 3 is 2.58 bits per heavy atom. The predicted octanol–water partition coefficient (Wildman–Crippen LogP) is 3.91. The summed E-state index contributed by atoms with van der Waals surface area (Å²) in [4.78, 5) is 30.2. The van der Waals surface area contributed by atoms with Gasteiger partial charge in [0.15, 0.2) is 22.9 Å². The van der Waals surface area contributed by atoms with Crippen molar-refractivity contribution in [1.29, 1.82) is 0 Å². The first-order valence-corrected chi connectivity index (χ1v) is 12.3. The van der Waals surface area contributed by atoms with Gasteiger partial charge in [-0.25, -0.2) is 9.98 Å². The van der Waals surface area contributed by atoms with Gasteiger partial charge in [-0.15, -0.1) is 0 Å². The fourth-order valence-corrected chi connectivity index (χ4v) is 4.10. The molecule has 0 radical (unpaired) electrons. The maximum Gasteiger partial charge on any atom is 0.281 e. The molecule has 4 heterocycles. The highest BCUT2D eigenvalue weighted by Gasteiger charge is 2.26. The number of aromatic nitrogens is 4. The molecular weight excluding hydrogens is 518 g/mol. The summed E-state index contributed by atoms with van der Waals surface area (Å²) >= 11 is 0. The number of carbonyl (C=O) groups is 1. The highest BCUT2D eigenvalue weighted by molar-refractivity contribution is 6.04. The standard InChI is InChI=1S/C27H27N7O6/c1-5-39-23-14-34(19-13-28-15-31-27(19)38-4)33-25(23)26(35)32-24-7-6-16(12-30-24)40-20-8-9-29-18-11-22(37-3)21(36-2)10-17(18)20/h6-12,14-15,19H,5,13H2,1-4H3,(H,30,32,35). The molecule has 0 aliphatic carbocycles. The monoisotopic (exact) mass is 545 g/mol. The van der Waals surface area contributed by atoms with E-state index in [1.807, 2.05) is 6.92 Å². The molecule has 0 saturated carbocycles. The molecule has 206 valence electrons. The Hall–Kier alpha value is -5.20. The van der Waals surface area contributed by atoms with Crippen molar-refractivity contribution in [3.8, 4) is 28.7 Å². The third-order valence-electron chi connectivity index (χ3n) is 5.98. The van der Waals surface area contributed by atoms with Gasteiger partial charge in [0.25, 0.3) is 5.91 Å². The largest absolute Gasteiger partial charge is 0.493 e. The molecule has 1 amide bonds. The topological polar surface area (TPSA) is 144 Å². The van der Waals surface area contributed by atoms with E-state index in [9.17, 15) is 4.79 Å². The van der Waals surface area contributed by atoms with Crippen molar-refractivity contribution in [3.63, 3.8) is 0 Å². The highest BCUT2D eigenvalue weighted by Crippen LogP contribution is 2.36. The molecule has 0 saturated heterocycles. The minimum atomic E-state index is -0.486. The average Bonchev–Trinajstić information content (AvgIpc) is 3.41. The second-order valence-electron chi connectivity index (χ2n) is 8.39.